The minimum atomic E-state index is -4.08. The second-order valence-electron chi connectivity index (χ2n) is 7.57. The molecule has 1 N–H and O–H groups in total. The van der Waals surface area contributed by atoms with Gasteiger partial charge in [-0.15, -0.1) is 0 Å². The zero-order valence-electron chi connectivity index (χ0n) is 19.6. The molecule has 0 bridgehead atoms. The molecule has 35 heavy (non-hydrogen) atoms. The number of unbranched alkanes of at least 4 members (excludes halogenated alkanes) is 1. The van der Waals surface area contributed by atoms with Crippen molar-refractivity contribution in [3.63, 3.8) is 0 Å². The van der Waals surface area contributed by atoms with Crippen LogP contribution in [0.25, 0.3) is 0 Å². The van der Waals surface area contributed by atoms with Crippen LogP contribution >= 0.6 is 0 Å². The van der Waals surface area contributed by atoms with Gasteiger partial charge in [-0.05, 0) is 60.5 Å². The summed E-state index contributed by atoms with van der Waals surface area (Å²) in [4.78, 5) is 12.2. The molecule has 8 nitrogen and oxygen atoms in total. The molecule has 0 aliphatic carbocycles. The number of hydrogen-bond acceptors (Lipinski definition) is 7. The predicted octanol–water partition coefficient (Wildman–Crippen LogP) is 4.33. The van der Waals surface area contributed by atoms with Gasteiger partial charge in [0, 0.05) is 5.56 Å². The van der Waals surface area contributed by atoms with Crippen molar-refractivity contribution in [1.29, 1.82) is 0 Å². The number of rotatable bonds is 12. The quantitative estimate of drug-likeness (QED) is 0.173. The van der Waals surface area contributed by atoms with Crippen LogP contribution in [0.1, 0.15) is 30.9 Å². The predicted molar refractivity (Wildman–Crippen MR) is 134 cm³/mol. The highest BCUT2D eigenvalue weighted by molar-refractivity contribution is 7.87. The van der Waals surface area contributed by atoms with E-state index >= 15 is 0 Å². The Bertz CT molecular complexity index is 1260. The molecule has 0 saturated heterocycles. The van der Waals surface area contributed by atoms with Crippen LogP contribution in [0.2, 0.25) is 0 Å². The van der Waals surface area contributed by atoms with E-state index in [2.05, 4.69) is 17.5 Å². The monoisotopic (exact) mass is 496 g/mol. The number of nitrogens with zero attached hydrogens (tertiary/aromatic N) is 1. The van der Waals surface area contributed by atoms with Gasteiger partial charge in [0.1, 0.15) is 16.4 Å². The van der Waals surface area contributed by atoms with E-state index < -0.39 is 10.1 Å². The summed E-state index contributed by atoms with van der Waals surface area (Å²) < 4.78 is 41.6. The molecular formula is C26H28N2O6S. The van der Waals surface area contributed by atoms with Crippen LogP contribution in [-0.2, 0) is 21.3 Å². The lowest BCUT2D eigenvalue weighted by Crippen LogP contribution is -2.20. The van der Waals surface area contributed by atoms with Crippen molar-refractivity contribution in [2.75, 3.05) is 13.7 Å². The molecule has 0 spiro atoms. The smallest absolute Gasteiger partial charge is 0.339 e. The van der Waals surface area contributed by atoms with Gasteiger partial charge >= 0.3 is 10.1 Å². The normalized spacial score (nSPS) is 11.3. The average molecular weight is 497 g/mol. The Balaban J connectivity index is 1.63. The van der Waals surface area contributed by atoms with Crippen LogP contribution in [0.15, 0.2) is 82.8 Å². The first-order valence-corrected chi connectivity index (χ1v) is 12.5. The molecule has 0 saturated carbocycles. The number of hydrogen-bond donors (Lipinski definition) is 1. The van der Waals surface area contributed by atoms with Crippen LogP contribution in [0, 0.1) is 0 Å². The van der Waals surface area contributed by atoms with Gasteiger partial charge < -0.3 is 13.7 Å². The Morgan fingerprint density at radius 1 is 1.00 bits per heavy atom. The van der Waals surface area contributed by atoms with Crippen LogP contribution in [0.5, 0.6) is 17.2 Å². The summed E-state index contributed by atoms with van der Waals surface area (Å²) in [5, 5.41) is 3.94. The van der Waals surface area contributed by atoms with Gasteiger partial charge in [0.25, 0.3) is 0 Å². The molecule has 0 aromatic heterocycles. The van der Waals surface area contributed by atoms with Crippen LogP contribution in [0.3, 0.4) is 0 Å². The maximum atomic E-state index is 12.8. The van der Waals surface area contributed by atoms with Crippen LogP contribution in [-0.4, -0.2) is 34.3 Å². The molecule has 3 aromatic rings. The summed E-state index contributed by atoms with van der Waals surface area (Å²) in [7, 11) is -2.53. The van der Waals surface area contributed by atoms with Gasteiger partial charge in [0.05, 0.1) is 26.4 Å². The van der Waals surface area contributed by atoms with Gasteiger partial charge in [0.2, 0.25) is 5.91 Å². The molecule has 0 aliphatic rings. The van der Waals surface area contributed by atoms with E-state index in [0.717, 1.165) is 18.4 Å². The van der Waals surface area contributed by atoms with Gasteiger partial charge in [-0.25, -0.2) is 5.43 Å². The second-order valence-corrected chi connectivity index (χ2v) is 9.12. The fourth-order valence-corrected chi connectivity index (χ4v) is 4.00. The van der Waals surface area contributed by atoms with Crippen molar-refractivity contribution in [1.82, 2.24) is 5.43 Å². The first-order chi connectivity index (χ1) is 16.9. The summed E-state index contributed by atoms with van der Waals surface area (Å²) in [6, 6.07) is 19.7. The van der Waals surface area contributed by atoms with Gasteiger partial charge in [-0.2, -0.15) is 13.5 Å². The molecule has 0 fully saturated rings. The lowest BCUT2D eigenvalue weighted by Gasteiger charge is -2.10. The van der Waals surface area contributed by atoms with E-state index in [0.29, 0.717) is 23.7 Å². The highest BCUT2D eigenvalue weighted by Gasteiger charge is 2.18. The molecule has 184 valence electrons. The largest absolute Gasteiger partial charge is 0.497 e. The summed E-state index contributed by atoms with van der Waals surface area (Å²) >= 11 is 0. The molecule has 0 heterocycles. The lowest BCUT2D eigenvalue weighted by molar-refractivity contribution is -0.120. The van der Waals surface area contributed by atoms with Gasteiger partial charge in [-0.1, -0.05) is 37.6 Å². The summed E-state index contributed by atoms with van der Waals surface area (Å²) in [5.74, 6) is 1.00. The molecule has 0 radical (unpaired) electrons. The standard InChI is InChI=1S/C26H28N2O6S/c1-3-4-16-33-22-12-14-24(15-13-22)35(30,31)34-25-11-6-5-9-21(25)19-27-28-26(29)18-20-8-7-10-23(17-20)32-2/h5-15,17,19H,3-4,16,18H2,1-2H3,(H,28,29)/b27-19+. The van der Waals surface area contributed by atoms with E-state index in [1.807, 2.05) is 6.07 Å². The highest BCUT2D eigenvalue weighted by atomic mass is 32.2. The number of ether oxygens (including phenoxy) is 2. The fourth-order valence-electron chi connectivity index (χ4n) is 3.05. The summed E-state index contributed by atoms with van der Waals surface area (Å²) in [6.07, 6.45) is 3.37. The molecular weight excluding hydrogens is 468 g/mol. The maximum absolute atomic E-state index is 12.8. The SMILES string of the molecule is CCCCOc1ccc(S(=O)(=O)Oc2ccccc2/C=N/NC(=O)Cc2cccc(OC)c2)cc1. The molecule has 3 rings (SSSR count). The Labute approximate surface area is 205 Å². The van der Waals surface area contributed by atoms with E-state index in [9.17, 15) is 13.2 Å². The Hall–Kier alpha value is -3.85. The average Bonchev–Trinajstić information content (AvgIpc) is 2.85. The van der Waals surface area contributed by atoms with E-state index in [-0.39, 0.29) is 23.0 Å². The van der Waals surface area contributed by atoms with Crippen molar-refractivity contribution < 1.29 is 26.9 Å². The first kappa shape index (κ1) is 25.8. The van der Waals surface area contributed by atoms with Gasteiger partial charge in [-0.3, -0.25) is 4.79 Å². The summed E-state index contributed by atoms with van der Waals surface area (Å²) in [6.45, 7) is 2.64. The number of benzene rings is 3. The minimum absolute atomic E-state index is 0.00123. The van der Waals surface area contributed by atoms with Crippen LogP contribution < -0.4 is 19.1 Å². The number of carbonyl (C=O) groups excluding carboxylic acids is 1. The number of nitrogens with one attached hydrogen (secondary N) is 1. The number of amides is 1. The third kappa shape index (κ3) is 7.86. The van der Waals surface area contributed by atoms with E-state index in [4.69, 9.17) is 13.7 Å². The number of methoxy groups -OCH3 is 1. The van der Waals surface area contributed by atoms with Crippen molar-refractivity contribution in [2.45, 2.75) is 31.1 Å². The number of para-hydroxylation sites is 1. The fraction of sp³-hybridized carbons (Fsp3) is 0.231. The first-order valence-electron chi connectivity index (χ1n) is 11.1. The highest BCUT2D eigenvalue weighted by Crippen LogP contribution is 2.23. The summed E-state index contributed by atoms with van der Waals surface area (Å²) in [5.41, 5.74) is 3.60. The Kier molecular flexibility index (Phi) is 9.25. The Morgan fingerprint density at radius 3 is 2.51 bits per heavy atom. The van der Waals surface area contributed by atoms with Crippen molar-refractivity contribution in [3.05, 3.63) is 83.9 Å². The molecule has 0 unspecified atom stereocenters. The number of hydrazone groups is 1. The topological polar surface area (TPSA) is 103 Å². The van der Waals surface area contributed by atoms with Crippen LogP contribution in [0.4, 0.5) is 0 Å². The molecule has 3 aromatic carbocycles. The zero-order valence-corrected chi connectivity index (χ0v) is 20.5. The molecule has 1 amide bonds. The Morgan fingerprint density at radius 2 is 1.77 bits per heavy atom. The lowest BCUT2D eigenvalue weighted by atomic mass is 10.1. The maximum Gasteiger partial charge on any atom is 0.339 e. The minimum Gasteiger partial charge on any atom is -0.497 e. The van der Waals surface area contributed by atoms with Crippen molar-refractivity contribution >= 4 is 22.2 Å². The van der Waals surface area contributed by atoms with E-state index in [1.54, 1.807) is 55.6 Å². The van der Waals surface area contributed by atoms with Crippen molar-refractivity contribution in [3.8, 4) is 17.2 Å². The molecule has 9 heteroatoms. The van der Waals surface area contributed by atoms with Crippen molar-refractivity contribution in [2.24, 2.45) is 5.10 Å². The third-order valence-electron chi connectivity index (χ3n) is 4.89. The molecule has 0 atom stereocenters. The second kappa shape index (κ2) is 12.6. The number of carbonyl (C=O) groups is 1. The zero-order chi connectivity index (χ0) is 25.1. The third-order valence-corrected chi connectivity index (χ3v) is 6.14. The van der Waals surface area contributed by atoms with E-state index in [1.165, 1.54) is 24.4 Å². The van der Waals surface area contributed by atoms with Gasteiger partial charge in [0.15, 0.2) is 5.75 Å². The molecule has 0 aliphatic heterocycles.